The number of aliphatic hydroxyl groups is 1. The number of ether oxygens (including phenoxy) is 3. The molecule has 0 spiro atoms. The van der Waals surface area contributed by atoms with E-state index >= 15 is 0 Å². The summed E-state index contributed by atoms with van der Waals surface area (Å²) in [4.78, 5) is 23.9. The Bertz CT molecular complexity index is 720. The van der Waals surface area contributed by atoms with Gasteiger partial charge in [0.25, 0.3) is 0 Å². The normalized spacial score (nSPS) is 16.8. The van der Waals surface area contributed by atoms with E-state index in [9.17, 15) is 14.7 Å². The summed E-state index contributed by atoms with van der Waals surface area (Å²) in [6.07, 6.45) is 34.3. The molecule has 1 rings (SSSR count). The average molecular weight is 637 g/mol. The minimum Gasteiger partial charge on any atom is -0.463 e. The Morgan fingerprint density at radius 1 is 0.644 bits per heavy atom. The van der Waals surface area contributed by atoms with Crippen LogP contribution in [0.5, 0.6) is 0 Å². The van der Waals surface area contributed by atoms with Crippen LogP contribution in [0.1, 0.15) is 188 Å². The highest BCUT2D eigenvalue weighted by molar-refractivity contribution is 5.69. The van der Waals surface area contributed by atoms with Crippen molar-refractivity contribution in [2.45, 2.75) is 206 Å². The van der Waals surface area contributed by atoms with Crippen molar-refractivity contribution in [1.29, 1.82) is 0 Å². The first-order valence-corrected chi connectivity index (χ1v) is 19.2. The lowest BCUT2D eigenvalue weighted by Crippen LogP contribution is -2.25. The Labute approximate surface area is 277 Å². The maximum Gasteiger partial charge on any atom is 0.305 e. The summed E-state index contributed by atoms with van der Waals surface area (Å²) < 4.78 is 16.1. The Kier molecular flexibility index (Phi) is 27.7. The summed E-state index contributed by atoms with van der Waals surface area (Å²) in [7, 11) is 0. The Morgan fingerprint density at radius 2 is 1.13 bits per heavy atom. The van der Waals surface area contributed by atoms with Gasteiger partial charge in [-0.3, -0.25) is 9.59 Å². The second-order valence-electron chi connectivity index (χ2n) is 13.9. The van der Waals surface area contributed by atoms with Crippen molar-refractivity contribution < 1.29 is 28.9 Å². The van der Waals surface area contributed by atoms with E-state index in [1.54, 1.807) is 0 Å². The predicted octanol–water partition coefficient (Wildman–Crippen LogP) is 10.6. The van der Waals surface area contributed by atoms with Crippen molar-refractivity contribution in [1.82, 2.24) is 0 Å². The van der Waals surface area contributed by atoms with Gasteiger partial charge in [0.1, 0.15) is 19.3 Å². The average Bonchev–Trinajstić information content (AvgIpc) is 3.78. The third-order valence-corrected chi connectivity index (χ3v) is 8.85. The van der Waals surface area contributed by atoms with Crippen LogP contribution in [0.15, 0.2) is 12.2 Å². The smallest absolute Gasteiger partial charge is 0.305 e. The quantitative estimate of drug-likeness (QED) is 0.0334. The molecule has 6 nitrogen and oxygen atoms in total. The molecule has 2 unspecified atom stereocenters. The number of aliphatic hydroxyl groups excluding tert-OH is 1. The van der Waals surface area contributed by atoms with Gasteiger partial charge in [0.05, 0.1) is 12.2 Å². The molecule has 0 amide bonds. The minimum atomic E-state index is -0.969. The molecule has 6 heteroatoms. The van der Waals surface area contributed by atoms with E-state index in [4.69, 9.17) is 14.2 Å². The van der Waals surface area contributed by atoms with Gasteiger partial charge in [-0.2, -0.15) is 0 Å². The number of allylic oxidation sites excluding steroid dienone is 1. The zero-order valence-corrected chi connectivity index (χ0v) is 29.8. The Morgan fingerprint density at radius 3 is 1.64 bits per heavy atom. The van der Waals surface area contributed by atoms with E-state index in [0.29, 0.717) is 25.0 Å². The first-order chi connectivity index (χ1) is 21.9. The number of hydrogen-bond donors (Lipinski definition) is 1. The predicted molar refractivity (Wildman–Crippen MR) is 186 cm³/mol. The molecular formula is C39H72O6. The molecular weight excluding hydrogens is 564 g/mol. The summed E-state index contributed by atoms with van der Waals surface area (Å²) >= 11 is 0. The third kappa shape index (κ3) is 28.5. The molecule has 45 heavy (non-hydrogen) atoms. The van der Waals surface area contributed by atoms with Gasteiger partial charge in [-0.25, -0.2) is 0 Å². The number of unbranched alkanes of at least 4 members (excludes halogenated alkanes) is 18. The van der Waals surface area contributed by atoms with E-state index in [-0.39, 0.29) is 25.2 Å². The maximum absolute atomic E-state index is 12.0. The molecule has 0 aromatic carbocycles. The molecule has 1 fully saturated rings. The molecule has 1 heterocycles. The van der Waals surface area contributed by atoms with Crippen LogP contribution in [0.2, 0.25) is 0 Å². The molecule has 1 aliphatic heterocycles. The van der Waals surface area contributed by atoms with Crippen molar-refractivity contribution >= 4 is 11.9 Å². The van der Waals surface area contributed by atoms with E-state index in [1.165, 1.54) is 96.3 Å². The first-order valence-electron chi connectivity index (χ1n) is 19.2. The molecule has 1 aliphatic rings. The lowest BCUT2D eigenvalue weighted by atomic mass is 10.0. The summed E-state index contributed by atoms with van der Waals surface area (Å²) in [6.45, 7) is 6.60. The van der Waals surface area contributed by atoms with Crippen LogP contribution < -0.4 is 0 Å². The molecule has 0 bridgehead atoms. The van der Waals surface area contributed by atoms with Crippen LogP contribution in [0.3, 0.4) is 0 Å². The van der Waals surface area contributed by atoms with Crippen LogP contribution in [-0.2, 0) is 23.8 Å². The van der Waals surface area contributed by atoms with Crippen molar-refractivity contribution in [3.8, 4) is 0 Å². The fourth-order valence-corrected chi connectivity index (χ4v) is 5.81. The Hall–Kier alpha value is -1.40. The first kappa shape index (κ1) is 41.6. The van der Waals surface area contributed by atoms with Gasteiger partial charge in [-0.15, -0.1) is 0 Å². The lowest BCUT2D eigenvalue weighted by Gasteiger charge is -2.12. The molecule has 1 saturated heterocycles. The standard InChI is InChI=1S/C39H72O6/c1-4-5-6-7-18-23-28-36-37(45-36)29-24-19-16-21-26-31-39(42)44-33-35(40)32-43-38(41)30-25-20-15-13-11-9-8-10-12-14-17-22-27-34(2)3/h18,23,34-37,40H,4-17,19-22,24-33H2,1-3H3/b23-18-/t35-,36?,37?/m0/s1. The van der Waals surface area contributed by atoms with Crippen molar-refractivity contribution in [3.63, 3.8) is 0 Å². The fraction of sp³-hybridized carbons (Fsp3) is 0.897. The molecule has 3 atom stereocenters. The van der Waals surface area contributed by atoms with Gasteiger partial charge >= 0.3 is 11.9 Å². The highest BCUT2D eigenvalue weighted by Crippen LogP contribution is 2.30. The van der Waals surface area contributed by atoms with Crippen molar-refractivity contribution in [2.75, 3.05) is 13.2 Å². The molecule has 0 aromatic rings. The van der Waals surface area contributed by atoms with Gasteiger partial charge in [0, 0.05) is 12.8 Å². The zero-order chi connectivity index (χ0) is 32.8. The number of carbonyl (C=O) groups excluding carboxylic acids is 2. The van der Waals surface area contributed by atoms with E-state index in [0.717, 1.165) is 63.7 Å². The van der Waals surface area contributed by atoms with Gasteiger partial charge < -0.3 is 19.3 Å². The summed E-state index contributed by atoms with van der Waals surface area (Å²) in [5.41, 5.74) is 0. The van der Waals surface area contributed by atoms with E-state index in [1.807, 2.05) is 0 Å². The highest BCUT2D eigenvalue weighted by Gasteiger charge is 2.36. The highest BCUT2D eigenvalue weighted by atomic mass is 16.6. The number of rotatable bonds is 33. The number of esters is 2. The van der Waals surface area contributed by atoms with Crippen LogP contribution in [-0.4, -0.2) is 48.6 Å². The van der Waals surface area contributed by atoms with Gasteiger partial charge in [0.2, 0.25) is 0 Å². The molecule has 1 N–H and O–H groups in total. The second-order valence-corrected chi connectivity index (χ2v) is 13.9. The molecule has 0 aromatic heterocycles. The molecule has 264 valence electrons. The van der Waals surface area contributed by atoms with Gasteiger partial charge in [-0.05, 0) is 44.4 Å². The molecule has 0 saturated carbocycles. The lowest BCUT2D eigenvalue weighted by molar-refractivity contribution is -0.152. The third-order valence-electron chi connectivity index (χ3n) is 8.85. The van der Waals surface area contributed by atoms with Crippen LogP contribution in [0, 0.1) is 5.92 Å². The Balaban J connectivity index is 1.82. The van der Waals surface area contributed by atoms with Crippen LogP contribution in [0.25, 0.3) is 0 Å². The summed E-state index contributed by atoms with van der Waals surface area (Å²) in [5.74, 6) is 0.258. The number of hydrogen-bond acceptors (Lipinski definition) is 6. The number of carbonyl (C=O) groups is 2. The van der Waals surface area contributed by atoms with E-state index < -0.39 is 6.10 Å². The van der Waals surface area contributed by atoms with Crippen molar-refractivity contribution in [3.05, 3.63) is 12.2 Å². The topological polar surface area (TPSA) is 85.4 Å². The zero-order valence-electron chi connectivity index (χ0n) is 29.8. The molecule has 0 aliphatic carbocycles. The SMILES string of the molecule is CCCCC/C=C\CC1OC1CCCCCCCC(=O)OC[C@@H](O)COC(=O)CCCCCCCCCCCCCCC(C)C. The fourth-order valence-electron chi connectivity index (χ4n) is 5.81. The number of epoxide rings is 1. The summed E-state index contributed by atoms with van der Waals surface area (Å²) in [6, 6.07) is 0. The van der Waals surface area contributed by atoms with Gasteiger partial charge in [-0.1, -0.05) is 148 Å². The molecule has 0 radical (unpaired) electrons. The maximum atomic E-state index is 12.0. The summed E-state index contributed by atoms with van der Waals surface area (Å²) in [5, 5.41) is 10.0. The monoisotopic (exact) mass is 637 g/mol. The van der Waals surface area contributed by atoms with Gasteiger partial charge in [0.15, 0.2) is 0 Å². The minimum absolute atomic E-state index is 0.120. The van der Waals surface area contributed by atoms with E-state index in [2.05, 4.69) is 32.9 Å². The van der Waals surface area contributed by atoms with Crippen molar-refractivity contribution in [2.24, 2.45) is 5.92 Å². The van der Waals surface area contributed by atoms with Crippen LogP contribution in [0.4, 0.5) is 0 Å². The largest absolute Gasteiger partial charge is 0.463 e. The van der Waals surface area contributed by atoms with Crippen LogP contribution >= 0.6 is 0 Å². The second kappa shape index (κ2) is 30.0.